The average molecular weight is 312 g/mol. The zero-order chi connectivity index (χ0) is 15.9. The minimum Gasteiger partial charge on any atom is -0.508 e. The maximum absolute atomic E-state index is 9.77. The van der Waals surface area contributed by atoms with Gasteiger partial charge in [0.05, 0.1) is 6.61 Å². The highest BCUT2D eigenvalue weighted by atomic mass is 28.2. The maximum atomic E-state index is 9.77. The van der Waals surface area contributed by atoms with Crippen LogP contribution in [0.1, 0.15) is 37.5 Å². The molecule has 0 aliphatic heterocycles. The number of aryl methyl sites for hydroxylation is 1. The fourth-order valence-electron chi connectivity index (χ4n) is 2.40. The third-order valence-electron chi connectivity index (χ3n) is 3.61. The van der Waals surface area contributed by atoms with Crippen molar-refractivity contribution in [3.05, 3.63) is 59.2 Å². The van der Waals surface area contributed by atoms with Gasteiger partial charge in [-0.1, -0.05) is 57.2 Å². The highest BCUT2D eigenvalue weighted by Gasteiger charge is 2.09. The van der Waals surface area contributed by atoms with Gasteiger partial charge in [-0.2, -0.15) is 0 Å². The van der Waals surface area contributed by atoms with E-state index in [2.05, 4.69) is 39.0 Å². The Hall–Kier alpha value is -1.58. The number of para-hydroxylation sites is 1. The molecule has 2 rings (SSSR count). The van der Waals surface area contributed by atoms with E-state index >= 15 is 0 Å². The third kappa shape index (κ3) is 4.72. The molecule has 0 bridgehead atoms. The molecule has 0 heterocycles. The van der Waals surface area contributed by atoms with Crippen molar-refractivity contribution < 1.29 is 9.53 Å². The van der Waals surface area contributed by atoms with Gasteiger partial charge in [0.1, 0.15) is 5.75 Å². The molecule has 116 valence electrons. The number of hydrogen-bond acceptors (Lipinski definition) is 2. The molecule has 2 nitrogen and oxygen atoms in total. The summed E-state index contributed by atoms with van der Waals surface area (Å²) in [6, 6.07) is 14.0. The normalized spacial score (nSPS) is 11.1. The molecule has 2 radical (unpaired) electrons. The summed E-state index contributed by atoms with van der Waals surface area (Å²) in [5.41, 5.74) is 3.61. The Morgan fingerprint density at radius 1 is 1.09 bits per heavy atom. The first-order valence-corrected chi connectivity index (χ1v) is 8.77. The molecular weight excluding hydrogens is 288 g/mol. The maximum Gasteiger partial charge on any atom is 0.269 e. The number of rotatable bonds is 7. The summed E-state index contributed by atoms with van der Waals surface area (Å²) in [6.45, 7) is 7.12. The van der Waals surface area contributed by atoms with E-state index in [4.69, 9.17) is 4.43 Å². The predicted octanol–water partition coefficient (Wildman–Crippen LogP) is 3.61. The predicted molar refractivity (Wildman–Crippen MR) is 92.6 cm³/mol. The van der Waals surface area contributed by atoms with E-state index in [0.717, 1.165) is 18.4 Å². The van der Waals surface area contributed by atoms with Gasteiger partial charge in [-0.05, 0) is 41.1 Å². The van der Waals surface area contributed by atoms with Crippen molar-refractivity contribution >= 4 is 14.9 Å². The minimum absolute atomic E-state index is 0.302. The highest BCUT2D eigenvalue weighted by Crippen LogP contribution is 2.16. The average Bonchev–Trinajstić information content (AvgIpc) is 2.50. The van der Waals surface area contributed by atoms with E-state index < -0.39 is 0 Å². The first-order chi connectivity index (χ1) is 10.6. The van der Waals surface area contributed by atoms with Gasteiger partial charge in [0, 0.05) is 5.56 Å². The zero-order valence-corrected chi connectivity index (χ0v) is 14.6. The van der Waals surface area contributed by atoms with Gasteiger partial charge in [0.2, 0.25) is 0 Å². The number of aromatic hydroxyl groups is 1. The van der Waals surface area contributed by atoms with Crippen molar-refractivity contribution in [1.29, 1.82) is 0 Å². The molecule has 0 amide bonds. The van der Waals surface area contributed by atoms with Crippen molar-refractivity contribution in [1.82, 2.24) is 0 Å². The van der Waals surface area contributed by atoms with Crippen LogP contribution in [-0.4, -0.2) is 14.9 Å². The Balaban J connectivity index is 2.04. The van der Waals surface area contributed by atoms with Gasteiger partial charge in [0.25, 0.3) is 9.76 Å². The second-order valence-electron chi connectivity index (χ2n) is 5.96. The quantitative estimate of drug-likeness (QED) is 0.791. The monoisotopic (exact) mass is 312 g/mol. The molecule has 0 aliphatic rings. The molecule has 0 saturated heterocycles. The standard InChI is InChI=1S/C19H24O2Si/c1-4-15-9-10-19(17(12-15)11-14(2)3)22-21-13-16-7-5-6-8-18(16)20/h5-10,12,14,20H,4,11,13H2,1-3H3. The van der Waals surface area contributed by atoms with E-state index in [-0.39, 0.29) is 0 Å². The second-order valence-corrected chi connectivity index (χ2v) is 6.99. The van der Waals surface area contributed by atoms with Crippen molar-refractivity contribution in [2.45, 2.75) is 40.2 Å². The molecule has 0 aliphatic carbocycles. The van der Waals surface area contributed by atoms with Gasteiger partial charge in [-0.15, -0.1) is 0 Å². The summed E-state index contributed by atoms with van der Waals surface area (Å²) in [4.78, 5) is 0. The highest BCUT2D eigenvalue weighted by molar-refractivity contribution is 6.47. The molecular formula is C19H24O2Si. The van der Waals surface area contributed by atoms with Gasteiger partial charge in [-0.25, -0.2) is 0 Å². The van der Waals surface area contributed by atoms with Crippen LogP contribution in [0.3, 0.4) is 0 Å². The van der Waals surface area contributed by atoms with Crippen molar-refractivity contribution in [3.8, 4) is 5.75 Å². The lowest BCUT2D eigenvalue weighted by atomic mass is 10.00. The van der Waals surface area contributed by atoms with Gasteiger partial charge < -0.3 is 9.53 Å². The molecule has 0 aromatic heterocycles. The lowest BCUT2D eigenvalue weighted by molar-refractivity contribution is 0.321. The molecule has 1 N–H and O–H groups in total. The molecule has 0 unspecified atom stereocenters. The zero-order valence-electron chi connectivity index (χ0n) is 13.6. The second kappa shape index (κ2) is 8.16. The van der Waals surface area contributed by atoms with E-state index in [0.29, 0.717) is 28.0 Å². The summed E-state index contributed by atoms with van der Waals surface area (Å²) in [6.07, 6.45) is 2.14. The summed E-state index contributed by atoms with van der Waals surface area (Å²) in [5, 5.41) is 11.1. The number of phenolic OH excluding ortho intramolecular Hbond substituents is 1. The van der Waals surface area contributed by atoms with Crippen LogP contribution in [0.5, 0.6) is 5.75 Å². The van der Waals surface area contributed by atoms with Crippen molar-refractivity contribution in [2.75, 3.05) is 0 Å². The number of hydrogen-bond donors (Lipinski definition) is 1. The molecule has 2 aromatic rings. The molecule has 0 saturated carbocycles. The summed E-state index contributed by atoms with van der Waals surface area (Å²) in [5.74, 6) is 0.935. The molecule has 2 aromatic carbocycles. The lowest BCUT2D eigenvalue weighted by Crippen LogP contribution is -2.23. The summed E-state index contributed by atoms with van der Waals surface area (Å²) >= 11 is 0. The fraction of sp³-hybridized carbons (Fsp3) is 0.368. The SMILES string of the molecule is CCc1ccc([Si]OCc2ccccc2O)c(CC(C)C)c1. The van der Waals surface area contributed by atoms with Crippen LogP contribution in [0.25, 0.3) is 0 Å². The van der Waals surface area contributed by atoms with Gasteiger partial charge in [0.15, 0.2) is 0 Å². The Kier molecular flexibility index (Phi) is 6.22. The molecule has 22 heavy (non-hydrogen) atoms. The largest absolute Gasteiger partial charge is 0.508 e. The van der Waals surface area contributed by atoms with Crippen LogP contribution in [0.2, 0.25) is 0 Å². The fourth-order valence-corrected chi connectivity index (χ4v) is 3.24. The van der Waals surface area contributed by atoms with Gasteiger partial charge >= 0.3 is 0 Å². The van der Waals surface area contributed by atoms with Gasteiger partial charge in [-0.3, -0.25) is 0 Å². The topological polar surface area (TPSA) is 29.5 Å². The van der Waals surface area contributed by atoms with Crippen LogP contribution in [-0.2, 0) is 23.9 Å². The van der Waals surface area contributed by atoms with Crippen LogP contribution in [0, 0.1) is 5.92 Å². The Bertz CT molecular complexity index is 608. The molecule has 0 atom stereocenters. The smallest absolute Gasteiger partial charge is 0.269 e. The number of phenols is 1. The molecule has 0 spiro atoms. The first-order valence-electron chi connectivity index (χ1n) is 7.86. The molecule has 3 heteroatoms. The Morgan fingerprint density at radius 3 is 2.55 bits per heavy atom. The Labute approximate surface area is 136 Å². The number of benzene rings is 2. The van der Waals surface area contributed by atoms with Crippen LogP contribution in [0.4, 0.5) is 0 Å². The van der Waals surface area contributed by atoms with Crippen molar-refractivity contribution in [3.63, 3.8) is 0 Å². The first kappa shape index (κ1) is 16.8. The van der Waals surface area contributed by atoms with E-state index in [1.165, 1.54) is 16.3 Å². The Morgan fingerprint density at radius 2 is 1.86 bits per heavy atom. The third-order valence-corrected chi connectivity index (χ3v) is 4.60. The molecule has 0 fully saturated rings. The van der Waals surface area contributed by atoms with Crippen molar-refractivity contribution in [2.24, 2.45) is 5.92 Å². The van der Waals surface area contributed by atoms with Crippen LogP contribution < -0.4 is 5.19 Å². The minimum atomic E-state index is 0.302. The summed E-state index contributed by atoms with van der Waals surface area (Å²) in [7, 11) is 0.311. The van der Waals surface area contributed by atoms with E-state index in [1.807, 2.05) is 18.2 Å². The van der Waals surface area contributed by atoms with E-state index in [9.17, 15) is 5.11 Å². The van der Waals surface area contributed by atoms with Crippen LogP contribution >= 0.6 is 0 Å². The summed E-state index contributed by atoms with van der Waals surface area (Å²) < 4.78 is 5.85. The lowest BCUT2D eigenvalue weighted by Gasteiger charge is -2.13. The van der Waals surface area contributed by atoms with Crippen LogP contribution in [0.15, 0.2) is 42.5 Å². The van der Waals surface area contributed by atoms with E-state index in [1.54, 1.807) is 6.07 Å².